The molecule has 0 saturated carbocycles. The van der Waals surface area contributed by atoms with Crippen LogP contribution in [0.5, 0.6) is 11.5 Å². The van der Waals surface area contributed by atoms with Crippen molar-refractivity contribution in [1.82, 2.24) is 0 Å². The van der Waals surface area contributed by atoms with Crippen LogP contribution in [0.3, 0.4) is 0 Å². The van der Waals surface area contributed by atoms with E-state index in [-0.39, 0.29) is 44.3 Å². The maximum absolute atomic E-state index is 11.2. The Hall–Kier alpha value is -6.77. The maximum Gasteiger partial charge on any atom is 0.339 e. The molecular weight excluding hydrogens is 955 g/mol. The van der Waals surface area contributed by atoms with Crippen LogP contribution in [0.15, 0.2) is 120 Å². The Balaban J connectivity index is 0.000000219. The zero-order valence-electron chi connectivity index (χ0n) is 45.1. The van der Waals surface area contributed by atoms with Gasteiger partial charge in [0.2, 0.25) is 0 Å². The minimum absolute atomic E-state index is 0.00190. The third kappa shape index (κ3) is 13.4. The highest BCUT2D eigenvalue weighted by atomic mass is 32.2. The number of hydrogen-bond donors (Lipinski definition) is 7. The van der Waals surface area contributed by atoms with Crippen molar-refractivity contribution < 1.29 is 40.2 Å². The highest BCUT2D eigenvalue weighted by Gasteiger charge is 2.41. The van der Waals surface area contributed by atoms with Gasteiger partial charge in [0.1, 0.15) is 28.7 Å². The number of aliphatic hydroxyl groups is 2. The molecule has 0 heterocycles. The summed E-state index contributed by atoms with van der Waals surface area (Å²) in [6, 6.07) is 34.1. The largest absolute Gasteiger partial charge is 0.507 e. The van der Waals surface area contributed by atoms with E-state index in [0.29, 0.717) is 16.7 Å². The molecule has 2 unspecified atom stereocenters. The van der Waals surface area contributed by atoms with Gasteiger partial charge in [-0.25, -0.2) is 9.59 Å². The molecular formula is C65H73NO8S. The number of phenols is 2. The summed E-state index contributed by atoms with van der Waals surface area (Å²) in [4.78, 5) is 23.5. The van der Waals surface area contributed by atoms with E-state index in [1.54, 1.807) is 18.2 Å². The summed E-state index contributed by atoms with van der Waals surface area (Å²) in [6.45, 7) is 23.3. The molecule has 0 amide bonds. The Kier molecular flexibility index (Phi) is 16.9. The van der Waals surface area contributed by atoms with Gasteiger partial charge >= 0.3 is 11.9 Å². The van der Waals surface area contributed by atoms with Crippen LogP contribution >= 0.6 is 11.8 Å². The number of aromatic hydroxyl groups is 2. The number of carboxylic acids is 2. The minimum Gasteiger partial charge on any atom is -0.507 e. The Morgan fingerprint density at radius 1 is 0.627 bits per heavy atom. The second kappa shape index (κ2) is 22.6. The van der Waals surface area contributed by atoms with E-state index in [1.807, 2.05) is 17.8 Å². The summed E-state index contributed by atoms with van der Waals surface area (Å²) < 4.78 is 0. The lowest BCUT2D eigenvalue weighted by molar-refractivity contribution is 0.0682. The molecule has 9 nitrogen and oxygen atoms in total. The summed E-state index contributed by atoms with van der Waals surface area (Å²) in [5.41, 5.74) is 13.6. The average molecular weight is 1030 g/mol. The fraction of sp³-hybridized carbons (Fsp3) is 0.354. The first-order valence-electron chi connectivity index (χ1n) is 25.8. The van der Waals surface area contributed by atoms with Crippen LogP contribution in [0.1, 0.15) is 181 Å². The fourth-order valence-corrected chi connectivity index (χ4v) is 11.5. The van der Waals surface area contributed by atoms with Gasteiger partial charge in [-0.05, 0) is 160 Å². The van der Waals surface area contributed by atoms with E-state index in [2.05, 4.69) is 153 Å². The van der Waals surface area contributed by atoms with Gasteiger partial charge in [-0.2, -0.15) is 0 Å². The molecule has 0 saturated heterocycles. The number of nitrogens with one attached hydrogen (secondary N) is 1. The quantitative estimate of drug-likeness (QED) is 0.0437. The number of carboxylic acid groups (broad SMARTS) is 2. The molecule has 8 rings (SSSR count). The normalized spacial score (nSPS) is 16.5. The lowest BCUT2D eigenvalue weighted by Crippen LogP contribution is -2.35. The Labute approximate surface area is 447 Å². The lowest BCUT2D eigenvalue weighted by atomic mass is 9.62. The molecule has 0 spiro atoms. The molecule has 2 atom stereocenters. The number of benzene rings is 6. The number of aryl methyl sites for hydroxylation is 2. The summed E-state index contributed by atoms with van der Waals surface area (Å²) >= 11 is 1.83. The van der Waals surface area contributed by atoms with E-state index in [9.17, 15) is 30.0 Å². The van der Waals surface area contributed by atoms with Crippen LogP contribution in [0.25, 0.3) is 6.08 Å². The van der Waals surface area contributed by atoms with Crippen molar-refractivity contribution in [2.24, 2.45) is 0 Å². The third-order valence-corrected chi connectivity index (χ3v) is 16.3. The molecule has 6 aromatic carbocycles. The highest BCUT2D eigenvalue weighted by molar-refractivity contribution is 7.98. The number of rotatable bonds is 13. The summed E-state index contributed by atoms with van der Waals surface area (Å²) in [6.07, 6.45) is 6.74. The second-order valence-corrected chi connectivity index (χ2v) is 24.0. The van der Waals surface area contributed by atoms with Crippen molar-refractivity contribution in [1.29, 1.82) is 0 Å². The molecule has 2 aliphatic rings. The SMILES string of the molecule is Cc1ccc(CCNc2cc(C(O)C#Cc3ccc(C(=O)O)c(O)c3)cc3c2C(C)(C)CCC3(C)C)cc1.Cc1ccc(CSc2cc(C(O)C=Cc3ccc(C(=O)O)c(O)c3)cc3c2C(C)(C)CCC3(C)C)cc1. The number of aliphatic hydroxyl groups excluding tert-OH is 2. The van der Waals surface area contributed by atoms with E-state index in [1.165, 1.54) is 79.7 Å². The summed E-state index contributed by atoms with van der Waals surface area (Å²) in [5.74, 6) is 3.59. The first-order chi connectivity index (χ1) is 35.2. The highest BCUT2D eigenvalue weighted by Crippen LogP contribution is 2.52. The zero-order chi connectivity index (χ0) is 54.6. The molecule has 7 N–H and O–H groups in total. The molecule has 6 aromatic rings. The van der Waals surface area contributed by atoms with Crippen LogP contribution in [0, 0.1) is 25.7 Å². The Morgan fingerprint density at radius 2 is 1.15 bits per heavy atom. The molecule has 392 valence electrons. The van der Waals surface area contributed by atoms with Gasteiger partial charge in [-0.1, -0.05) is 157 Å². The number of anilines is 1. The van der Waals surface area contributed by atoms with Crippen molar-refractivity contribution in [3.8, 4) is 23.3 Å². The maximum atomic E-state index is 11.2. The first-order valence-corrected chi connectivity index (χ1v) is 26.8. The summed E-state index contributed by atoms with van der Waals surface area (Å²) in [5, 5.41) is 64.2. The van der Waals surface area contributed by atoms with Crippen molar-refractivity contribution in [3.05, 3.63) is 193 Å². The minimum atomic E-state index is -1.20. The van der Waals surface area contributed by atoms with Crippen molar-refractivity contribution in [2.75, 3.05) is 11.9 Å². The number of aromatic carboxylic acids is 2. The smallest absolute Gasteiger partial charge is 0.339 e. The zero-order valence-corrected chi connectivity index (χ0v) is 45.9. The van der Waals surface area contributed by atoms with Gasteiger partial charge in [0.15, 0.2) is 0 Å². The topological polar surface area (TPSA) is 168 Å². The van der Waals surface area contributed by atoms with Crippen LogP contribution in [-0.2, 0) is 33.8 Å². The molecule has 0 fully saturated rings. The predicted molar refractivity (Wildman–Crippen MR) is 304 cm³/mol. The Morgan fingerprint density at radius 3 is 1.72 bits per heavy atom. The van der Waals surface area contributed by atoms with Gasteiger partial charge in [0.25, 0.3) is 0 Å². The van der Waals surface area contributed by atoms with Crippen molar-refractivity contribution in [3.63, 3.8) is 0 Å². The lowest BCUT2D eigenvalue weighted by Gasteiger charge is -2.43. The number of fused-ring (bicyclic) bond motifs is 2. The standard InChI is InChI=1S/C33H37NO4.C32H36O4S/c1-21-6-8-22(9-7-21)14-17-34-27-20-24(19-26-30(27)33(4,5)16-15-32(26,2)3)28(35)13-11-23-10-12-25(31(37)38)29(36)18-23;1-20-6-8-22(9-7-20)19-37-28-18-23(17-25-29(28)32(4,5)15-14-31(25,2)3)26(33)13-11-21-10-12-24(30(35)36)27(34)16-21/h6-10,12,18-20,28,34-36H,14-17H2,1-5H3,(H,37,38);6-13,16-18,26,33-34H,14-15,19H2,1-5H3,(H,35,36). The Bertz CT molecular complexity index is 3170. The summed E-state index contributed by atoms with van der Waals surface area (Å²) in [7, 11) is 0. The molecule has 10 heteroatoms. The molecule has 0 aliphatic heterocycles. The van der Waals surface area contributed by atoms with Crippen LogP contribution in [-0.4, -0.2) is 49.1 Å². The van der Waals surface area contributed by atoms with Gasteiger partial charge in [-0.3, -0.25) is 0 Å². The molecule has 2 aliphatic carbocycles. The van der Waals surface area contributed by atoms with Crippen LogP contribution in [0.4, 0.5) is 5.69 Å². The number of thioether (sulfide) groups is 1. The van der Waals surface area contributed by atoms with Crippen molar-refractivity contribution >= 4 is 35.5 Å². The second-order valence-electron chi connectivity index (χ2n) is 23.0. The average Bonchev–Trinajstić information content (AvgIpc) is 3.35. The monoisotopic (exact) mass is 1030 g/mol. The molecule has 0 radical (unpaired) electrons. The molecule has 75 heavy (non-hydrogen) atoms. The number of hydrogen-bond acceptors (Lipinski definition) is 8. The van der Waals surface area contributed by atoms with Crippen LogP contribution in [0.2, 0.25) is 0 Å². The molecule has 0 bridgehead atoms. The first kappa shape index (κ1) is 56.0. The van der Waals surface area contributed by atoms with Gasteiger partial charge in [-0.15, -0.1) is 11.8 Å². The fourth-order valence-electron chi connectivity index (χ4n) is 10.3. The van der Waals surface area contributed by atoms with Gasteiger partial charge < -0.3 is 36.0 Å². The van der Waals surface area contributed by atoms with Crippen LogP contribution < -0.4 is 5.32 Å². The van der Waals surface area contributed by atoms with E-state index < -0.39 is 24.1 Å². The van der Waals surface area contributed by atoms with Gasteiger partial charge in [0.05, 0.1) is 6.10 Å². The molecule has 0 aromatic heterocycles. The van der Waals surface area contributed by atoms with E-state index in [4.69, 9.17) is 10.2 Å². The van der Waals surface area contributed by atoms with Gasteiger partial charge in [0, 0.05) is 28.4 Å². The number of carbonyl (C=O) groups is 2. The predicted octanol–water partition coefficient (Wildman–Crippen LogP) is 14.3. The van der Waals surface area contributed by atoms with E-state index in [0.717, 1.165) is 55.7 Å². The van der Waals surface area contributed by atoms with Crippen molar-refractivity contribution in [2.45, 2.75) is 146 Å². The van der Waals surface area contributed by atoms with E-state index >= 15 is 0 Å². The third-order valence-electron chi connectivity index (χ3n) is 15.2.